The van der Waals surface area contributed by atoms with Gasteiger partial charge in [0.2, 0.25) is 5.95 Å². The number of aromatic nitrogens is 2. The van der Waals surface area contributed by atoms with Gasteiger partial charge in [-0.05, 0) is 6.42 Å². The molecule has 0 spiro atoms. The Morgan fingerprint density at radius 3 is 2.60 bits per heavy atom. The van der Waals surface area contributed by atoms with Crippen LogP contribution in [0.3, 0.4) is 0 Å². The van der Waals surface area contributed by atoms with Crippen LogP contribution in [0, 0.1) is 0 Å². The van der Waals surface area contributed by atoms with Gasteiger partial charge in [-0.15, -0.1) is 0 Å². The fourth-order valence-electron chi connectivity index (χ4n) is 1.63. The third-order valence-electron chi connectivity index (χ3n) is 2.53. The molecule has 0 amide bonds. The summed E-state index contributed by atoms with van der Waals surface area (Å²) in [6, 6.07) is 0.533. The van der Waals surface area contributed by atoms with E-state index < -0.39 is 0 Å². The quantitative estimate of drug-likeness (QED) is 0.841. The van der Waals surface area contributed by atoms with E-state index in [0.29, 0.717) is 11.1 Å². The van der Waals surface area contributed by atoms with Crippen LogP contribution in [0.5, 0.6) is 0 Å². The van der Waals surface area contributed by atoms with Crippen molar-refractivity contribution < 1.29 is 0 Å². The van der Waals surface area contributed by atoms with Crippen LogP contribution in [0.15, 0.2) is 12.4 Å². The van der Waals surface area contributed by atoms with Crippen molar-refractivity contribution in [1.82, 2.24) is 15.3 Å². The van der Waals surface area contributed by atoms with Gasteiger partial charge in [0, 0.05) is 19.6 Å². The van der Waals surface area contributed by atoms with Crippen LogP contribution in [-0.2, 0) is 0 Å². The highest BCUT2D eigenvalue weighted by Gasteiger charge is 2.25. The average molecular weight is 227 g/mol. The van der Waals surface area contributed by atoms with Gasteiger partial charge in [-0.3, -0.25) is 0 Å². The zero-order valence-corrected chi connectivity index (χ0v) is 9.54. The summed E-state index contributed by atoms with van der Waals surface area (Å²) in [6.07, 6.45) is 4.40. The molecule has 4 nitrogen and oxygen atoms in total. The lowest BCUT2D eigenvalue weighted by Gasteiger charge is -2.38. The Hall–Kier alpha value is -0.870. The molecule has 0 saturated carbocycles. The zero-order valence-electron chi connectivity index (χ0n) is 8.78. The van der Waals surface area contributed by atoms with Crippen LogP contribution in [0.4, 0.5) is 5.95 Å². The van der Waals surface area contributed by atoms with Gasteiger partial charge >= 0.3 is 0 Å². The highest BCUT2D eigenvalue weighted by molar-refractivity contribution is 6.30. The molecule has 0 aliphatic carbocycles. The number of nitrogens with one attached hydrogen (secondary N) is 1. The first-order valence-electron chi connectivity index (χ1n) is 5.26. The first-order chi connectivity index (χ1) is 7.31. The maximum Gasteiger partial charge on any atom is 0.225 e. The summed E-state index contributed by atoms with van der Waals surface area (Å²) in [5, 5.41) is 3.84. The van der Waals surface area contributed by atoms with Crippen LogP contribution < -0.4 is 10.2 Å². The van der Waals surface area contributed by atoms with E-state index in [1.54, 1.807) is 12.4 Å². The normalized spacial score (nSPS) is 16.1. The highest BCUT2D eigenvalue weighted by atomic mass is 35.5. The summed E-state index contributed by atoms with van der Waals surface area (Å²) in [5.41, 5.74) is 0. The van der Waals surface area contributed by atoms with E-state index in [4.69, 9.17) is 11.6 Å². The van der Waals surface area contributed by atoms with E-state index in [2.05, 4.69) is 27.1 Å². The number of anilines is 1. The Bertz CT molecular complexity index is 310. The minimum atomic E-state index is 0.533. The Morgan fingerprint density at radius 1 is 1.47 bits per heavy atom. The second kappa shape index (κ2) is 4.77. The molecule has 82 valence electrons. The molecule has 1 fully saturated rings. The Labute approximate surface area is 94.7 Å². The molecular weight excluding hydrogens is 212 g/mol. The predicted molar refractivity (Wildman–Crippen MR) is 61.3 cm³/mol. The van der Waals surface area contributed by atoms with Gasteiger partial charge < -0.3 is 10.2 Å². The monoisotopic (exact) mass is 226 g/mol. The molecule has 2 heterocycles. The predicted octanol–water partition coefficient (Wildman–Crippen LogP) is 1.32. The molecule has 0 bridgehead atoms. The molecule has 0 unspecified atom stereocenters. The van der Waals surface area contributed by atoms with Crippen molar-refractivity contribution in [3.8, 4) is 0 Å². The maximum absolute atomic E-state index is 5.76. The second-order valence-electron chi connectivity index (χ2n) is 3.71. The molecule has 1 aromatic rings. The van der Waals surface area contributed by atoms with E-state index in [0.717, 1.165) is 32.0 Å². The van der Waals surface area contributed by atoms with Crippen LogP contribution in [0.25, 0.3) is 0 Å². The third kappa shape index (κ3) is 2.38. The summed E-state index contributed by atoms with van der Waals surface area (Å²) in [7, 11) is 0. The molecule has 1 saturated heterocycles. The van der Waals surface area contributed by atoms with Gasteiger partial charge in [0.05, 0.1) is 23.5 Å². The van der Waals surface area contributed by atoms with Gasteiger partial charge in [0.15, 0.2) is 0 Å². The average Bonchev–Trinajstić information content (AvgIpc) is 2.16. The molecule has 5 heteroatoms. The van der Waals surface area contributed by atoms with Crippen molar-refractivity contribution in [1.29, 1.82) is 0 Å². The number of hydrogen-bond donors (Lipinski definition) is 1. The second-order valence-corrected chi connectivity index (χ2v) is 4.14. The van der Waals surface area contributed by atoms with E-state index in [1.165, 1.54) is 0 Å². The van der Waals surface area contributed by atoms with Gasteiger partial charge in [-0.25, -0.2) is 9.97 Å². The molecule has 2 rings (SSSR count). The smallest absolute Gasteiger partial charge is 0.225 e. The molecule has 0 atom stereocenters. The van der Waals surface area contributed by atoms with Crippen molar-refractivity contribution in [2.75, 3.05) is 24.5 Å². The van der Waals surface area contributed by atoms with Crippen molar-refractivity contribution in [3.05, 3.63) is 17.4 Å². The van der Waals surface area contributed by atoms with Gasteiger partial charge in [0.25, 0.3) is 0 Å². The standard InChI is InChI=1S/C10H15ClN4/c1-2-3-15(9-6-12-7-9)10-13-4-8(11)5-14-10/h4-5,9,12H,2-3,6-7H2,1H3. The fourth-order valence-corrected chi connectivity index (χ4v) is 1.73. The van der Waals surface area contributed by atoms with Crippen molar-refractivity contribution in [2.45, 2.75) is 19.4 Å². The number of nitrogens with zero attached hydrogens (tertiary/aromatic N) is 3. The minimum absolute atomic E-state index is 0.533. The summed E-state index contributed by atoms with van der Waals surface area (Å²) in [6.45, 7) is 5.20. The molecular formula is C10H15ClN4. The lowest BCUT2D eigenvalue weighted by molar-refractivity contribution is 0.408. The van der Waals surface area contributed by atoms with Crippen LogP contribution in [0.1, 0.15) is 13.3 Å². The largest absolute Gasteiger partial charge is 0.335 e. The SMILES string of the molecule is CCCN(c1ncc(Cl)cn1)C1CNC1. The molecule has 0 radical (unpaired) electrons. The Kier molecular flexibility index (Phi) is 3.38. The number of rotatable bonds is 4. The zero-order chi connectivity index (χ0) is 10.7. The van der Waals surface area contributed by atoms with Gasteiger partial charge in [-0.2, -0.15) is 0 Å². The van der Waals surface area contributed by atoms with Crippen LogP contribution >= 0.6 is 11.6 Å². The van der Waals surface area contributed by atoms with Gasteiger partial charge in [-0.1, -0.05) is 18.5 Å². The van der Waals surface area contributed by atoms with Crippen LogP contribution in [-0.4, -0.2) is 35.6 Å². The lowest BCUT2D eigenvalue weighted by atomic mass is 10.1. The molecule has 1 aliphatic heterocycles. The van der Waals surface area contributed by atoms with E-state index in [-0.39, 0.29) is 0 Å². The first-order valence-corrected chi connectivity index (χ1v) is 5.64. The summed E-state index contributed by atoms with van der Waals surface area (Å²) in [5.74, 6) is 0.785. The number of halogens is 1. The minimum Gasteiger partial charge on any atom is -0.335 e. The lowest BCUT2D eigenvalue weighted by Crippen LogP contribution is -2.58. The van der Waals surface area contributed by atoms with E-state index in [1.807, 2.05) is 0 Å². The van der Waals surface area contributed by atoms with E-state index in [9.17, 15) is 0 Å². The van der Waals surface area contributed by atoms with Gasteiger partial charge in [0.1, 0.15) is 0 Å². The fraction of sp³-hybridized carbons (Fsp3) is 0.600. The summed E-state index contributed by atoms with van der Waals surface area (Å²) < 4.78 is 0. The molecule has 1 N–H and O–H groups in total. The van der Waals surface area contributed by atoms with E-state index >= 15 is 0 Å². The third-order valence-corrected chi connectivity index (χ3v) is 2.72. The first kappa shape index (κ1) is 10.6. The van der Waals surface area contributed by atoms with Crippen molar-refractivity contribution in [2.24, 2.45) is 0 Å². The summed E-state index contributed by atoms with van der Waals surface area (Å²) in [4.78, 5) is 10.8. The Morgan fingerprint density at radius 2 is 2.13 bits per heavy atom. The summed E-state index contributed by atoms with van der Waals surface area (Å²) >= 11 is 5.76. The number of hydrogen-bond acceptors (Lipinski definition) is 4. The molecule has 0 aromatic carbocycles. The maximum atomic E-state index is 5.76. The molecule has 1 aromatic heterocycles. The Balaban J connectivity index is 2.12. The highest BCUT2D eigenvalue weighted by Crippen LogP contribution is 2.15. The van der Waals surface area contributed by atoms with Crippen molar-refractivity contribution in [3.63, 3.8) is 0 Å². The molecule has 15 heavy (non-hydrogen) atoms. The molecule has 1 aliphatic rings. The topological polar surface area (TPSA) is 41.1 Å². The van der Waals surface area contributed by atoms with Crippen LogP contribution in [0.2, 0.25) is 5.02 Å². The van der Waals surface area contributed by atoms with Crippen molar-refractivity contribution >= 4 is 17.5 Å².